The molecule has 0 spiro atoms. The number of amides is 1. The van der Waals surface area contributed by atoms with Crippen LogP contribution >= 0.6 is 11.3 Å². The van der Waals surface area contributed by atoms with Crippen LogP contribution in [0.5, 0.6) is 5.75 Å². The molecule has 0 saturated carbocycles. The topological polar surface area (TPSA) is 77.5 Å². The Morgan fingerprint density at radius 1 is 1.14 bits per heavy atom. The van der Waals surface area contributed by atoms with Crippen LogP contribution in [0.25, 0.3) is 17.3 Å². The molecule has 1 amide bonds. The lowest BCUT2D eigenvalue weighted by molar-refractivity contribution is -0.149. The molecule has 0 fully saturated rings. The maximum Gasteiger partial charge on any atom is 0.338 e. The van der Waals surface area contributed by atoms with Crippen LogP contribution in [-0.2, 0) is 14.3 Å². The van der Waals surface area contributed by atoms with Gasteiger partial charge in [0, 0.05) is 16.5 Å². The summed E-state index contributed by atoms with van der Waals surface area (Å²) in [5.41, 5.74) is 2.91. The lowest BCUT2D eigenvalue weighted by Gasteiger charge is -2.18. The quantitative estimate of drug-likeness (QED) is 0.644. The number of aromatic nitrogens is 1. The van der Waals surface area contributed by atoms with E-state index in [2.05, 4.69) is 10.3 Å². The van der Waals surface area contributed by atoms with Crippen molar-refractivity contribution in [2.45, 2.75) is 13.0 Å². The first-order chi connectivity index (χ1) is 14.1. The van der Waals surface area contributed by atoms with Gasteiger partial charge in [-0.2, -0.15) is 0 Å². The Labute approximate surface area is 171 Å². The average Bonchev–Trinajstić information content (AvgIpc) is 3.22. The number of nitrogens with zero attached hydrogens (tertiary/aromatic N) is 1. The number of carbonyl (C=O) groups is 2. The number of benzene rings is 2. The molecule has 7 heteroatoms. The number of carbonyl (C=O) groups excluding carboxylic acids is 2. The predicted octanol–water partition coefficient (Wildman–Crippen LogP) is 4.16. The van der Waals surface area contributed by atoms with E-state index in [9.17, 15) is 9.59 Å². The zero-order chi connectivity index (χ0) is 20.2. The Bertz CT molecular complexity index is 1080. The molecule has 0 aliphatic carbocycles. The van der Waals surface area contributed by atoms with Crippen LogP contribution in [0.3, 0.4) is 0 Å². The van der Waals surface area contributed by atoms with Gasteiger partial charge < -0.3 is 9.47 Å². The van der Waals surface area contributed by atoms with E-state index < -0.39 is 18.0 Å². The zero-order valence-corrected chi connectivity index (χ0v) is 16.4. The maximum absolute atomic E-state index is 12.4. The van der Waals surface area contributed by atoms with E-state index in [0.29, 0.717) is 16.5 Å². The highest BCUT2D eigenvalue weighted by Crippen LogP contribution is 2.27. The SMILES string of the molecule is C[C@H](OC(=O)C1=Cc2ccccc2OC1)C(=O)Nc1nc(-c2ccccc2)cs1. The smallest absolute Gasteiger partial charge is 0.338 e. The second-order valence-corrected chi connectivity index (χ2v) is 7.29. The largest absolute Gasteiger partial charge is 0.488 e. The van der Waals surface area contributed by atoms with E-state index >= 15 is 0 Å². The van der Waals surface area contributed by atoms with Gasteiger partial charge in [0.1, 0.15) is 12.4 Å². The third-order valence-electron chi connectivity index (χ3n) is 4.35. The van der Waals surface area contributed by atoms with Gasteiger partial charge in [-0.15, -0.1) is 11.3 Å². The fourth-order valence-electron chi connectivity index (χ4n) is 2.80. The van der Waals surface area contributed by atoms with Crippen molar-refractivity contribution in [3.8, 4) is 17.0 Å². The summed E-state index contributed by atoms with van der Waals surface area (Å²) >= 11 is 1.31. The first-order valence-electron chi connectivity index (χ1n) is 9.05. The van der Waals surface area contributed by atoms with E-state index in [1.54, 1.807) is 6.08 Å². The summed E-state index contributed by atoms with van der Waals surface area (Å²) in [6, 6.07) is 17.1. The summed E-state index contributed by atoms with van der Waals surface area (Å²) in [5, 5.41) is 5.01. The number of hydrogen-bond acceptors (Lipinski definition) is 6. The van der Waals surface area contributed by atoms with Crippen molar-refractivity contribution >= 4 is 34.4 Å². The Hall–Kier alpha value is -3.45. The number of hydrogen-bond donors (Lipinski definition) is 1. The van der Waals surface area contributed by atoms with Gasteiger partial charge in [0.25, 0.3) is 5.91 Å². The fourth-order valence-corrected chi connectivity index (χ4v) is 3.53. The Kier molecular flexibility index (Phi) is 5.39. The standard InChI is InChI=1S/C22H18N2O4S/c1-14(28-21(26)17-11-16-9-5-6-10-19(16)27-12-17)20(25)24-22-23-18(13-29-22)15-7-3-2-4-8-15/h2-11,13-14H,12H2,1H3,(H,23,24,25)/t14-/m0/s1. The normalized spacial score (nSPS) is 13.5. The average molecular weight is 406 g/mol. The van der Waals surface area contributed by atoms with Crippen molar-refractivity contribution in [3.05, 3.63) is 71.1 Å². The van der Waals surface area contributed by atoms with Gasteiger partial charge >= 0.3 is 5.97 Å². The molecule has 1 aliphatic rings. The molecule has 146 valence electrons. The van der Waals surface area contributed by atoms with Gasteiger partial charge in [0.05, 0.1) is 11.3 Å². The Balaban J connectivity index is 1.37. The van der Waals surface area contributed by atoms with Crippen molar-refractivity contribution in [1.29, 1.82) is 0 Å². The molecule has 0 radical (unpaired) electrons. The lowest BCUT2D eigenvalue weighted by Crippen LogP contribution is -2.31. The molecule has 2 aromatic carbocycles. The highest BCUT2D eigenvalue weighted by Gasteiger charge is 2.24. The van der Waals surface area contributed by atoms with E-state index in [4.69, 9.17) is 9.47 Å². The number of rotatable bonds is 5. The number of ether oxygens (including phenoxy) is 2. The minimum absolute atomic E-state index is 0.108. The van der Waals surface area contributed by atoms with E-state index in [1.807, 2.05) is 60.0 Å². The molecule has 29 heavy (non-hydrogen) atoms. The van der Waals surface area contributed by atoms with Gasteiger partial charge in [0.15, 0.2) is 11.2 Å². The Morgan fingerprint density at radius 3 is 2.72 bits per heavy atom. The second-order valence-electron chi connectivity index (χ2n) is 6.44. The highest BCUT2D eigenvalue weighted by atomic mass is 32.1. The van der Waals surface area contributed by atoms with E-state index in [-0.39, 0.29) is 6.61 Å². The molecule has 0 saturated heterocycles. The number of thiazole rings is 1. The summed E-state index contributed by atoms with van der Waals surface area (Å²) < 4.78 is 10.9. The number of nitrogens with one attached hydrogen (secondary N) is 1. The van der Waals surface area contributed by atoms with Crippen LogP contribution in [0.4, 0.5) is 5.13 Å². The summed E-state index contributed by atoms with van der Waals surface area (Å²) in [5.74, 6) is -0.302. The summed E-state index contributed by atoms with van der Waals surface area (Å²) in [6.45, 7) is 1.63. The lowest BCUT2D eigenvalue weighted by atomic mass is 10.1. The molecule has 1 aromatic heterocycles. The van der Waals surface area contributed by atoms with Crippen molar-refractivity contribution in [2.24, 2.45) is 0 Å². The zero-order valence-electron chi connectivity index (χ0n) is 15.6. The molecule has 0 unspecified atom stereocenters. The number of fused-ring (bicyclic) bond motifs is 1. The first-order valence-corrected chi connectivity index (χ1v) is 9.93. The molecular weight excluding hydrogens is 388 g/mol. The molecular formula is C22H18N2O4S. The molecule has 6 nitrogen and oxygen atoms in total. The molecule has 1 atom stereocenters. The third-order valence-corrected chi connectivity index (χ3v) is 5.11. The van der Waals surface area contributed by atoms with E-state index in [0.717, 1.165) is 16.8 Å². The third kappa shape index (κ3) is 4.35. The van der Waals surface area contributed by atoms with Gasteiger partial charge in [-0.25, -0.2) is 9.78 Å². The van der Waals surface area contributed by atoms with Gasteiger partial charge in [-0.1, -0.05) is 48.5 Å². The van der Waals surface area contributed by atoms with Crippen LogP contribution in [0.15, 0.2) is 65.6 Å². The predicted molar refractivity (Wildman–Crippen MR) is 112 cm³/mol. The molecule has 3 aromatic rings. The van der Waals surface area contributed by atoms with Crippen LogP contribution in [-0.4, -0.2) is 29.6 Å². The van der Waals surface area contributed by atoms with Crippen molar-refractivity contribution in [3.63, 3.8) is 0 Å². The molecule has 1 aliphatic heterocycles. The van der Waals surface area contributed by atoms with E-state index in [1.165, 1.54) is 18.3 Å². The van der Waals surface area contributed by atoms with Crippen LogP contribution < -0.4 is 10.1 Å². The summed E-state index contributed by atoms with van der Waals surface area (Å²) in [4.78, 5) is 29.2. The minimum Gasteiger partial charge on any atom is -0.488 e. The number of anilines is 1. The van der Waals surface area contributed by atoms with Crippen molar-refractivity contribution in [1.82, 2.24) is 4.98 Å². The molecule has 0 bridgehead atoms. The van der Waals surface area contributed by atoms with Crippen LogP contribution in [0.1, 0.15) is 12.5 Å². The van der Waals surface area contributed by atoms with Crippen LogP contribution in [0.2, 0.25) is 0 Å². The maximum atomic E-state index is 12.4. The van der Waals surface area contributed by atoms with Gasteiger partial charge in [0.2, 0.25) is 0 Å². The Morgan fingerprint density at radius 2 is 1.90 bits per heavy atom. The number of para-hydroxylation sites is 1. The fraction of sp³-hybridized carbons (Fsp3) is 0.136. The highest BCUT2D eigenvalue weighted by molar-refractivity contribution is 7.14. The molecule has 1 N–H and O–H groups in total. The van der Waals surface area contributed by atoms with Crippen molar-refractivity contribution < 1.29 is 19.1 Å². The summed E-state index contributed by atoms with van der Waals surface area (Å²) in [7, 11) is 0. The monoisotopic (exact) mass is 406 g/mol. The molecule has 2 heterocycles. The molecule has 4 rings (SSSR count). The van der Waals surface area contributed by atoms with Crippen LogP contribution in [0, 0.1) is 0 Å². The van der Waals surface area contributed by atoms with Crippen molar-refractivity contribution in [2.75, 3.05) is 11.9 Å². The first kappa shape index (κ1) is 18.9. The number of esters is 1. The van der Waals surface area contributed by atoms with Gasteiger partial charge in [-0.05, 0) is 19.1 Å². The minimum atomic E-state index is -0.968. The second kappa shape index (κ2) is 8.28. The van der Waals surface area contributed by atoms with Gasteiger partial charge in [-0.3, -0.25) is 10.1 Å². The summed E-state index contributed by atoms with van der Waals surface area (Å²) in [6.07, 6.45) is 0.753.